The lowest BCUT2D eigenvalue weighted by atomic mass is 10.2. The second kappa shape index (κ2) is 7.63. The van der Waals surface area contributed by atoms with Gasteiger partial charge in [-0.05, 0) is 44.2 Å². The molecule has 1 aromatic carbocycles. The number of hydrogen-bond donors (Lipinski definition) is 2. The third-order valence-electron chi connectivity index (χ3n) is 3.06. The van der Waals surface area contributed by atoms with Crippen molar-refractivity contribution < 1.29 is 9.18 Å². The van der Waals surface area contributed by atoms with E-state index in [2.05, 4.69) is 25.6 Å². The molecule has 1 heterocycles. The van der Waals surface area contributed by atoms with Gasteiger partial charge >= 0.3 is 0 Å². The molecule has 2 aromatic rings. The number of halogens is 1. The van der Waals surface area contributed by atoms with Gasteiger partial charge in [0.1, 0.15) is 5.82 Å². The van der Waals surface area contributed by atoms with E-state index in [1.165, 1.54) is 12.1 Å². The molecular formula is C17H20FN5O. The number of aryl methyl sites for hydroxylation is 2. The Balaban J connectivity index is 2.32. The first-order valence-electron chi connectivity index (χ1n) is 7.58. The number of nitrogens with one attached hydrogen (secondary N) is 2. The lowest BCUT2D eigenvalue weighted by Gasteiger charge is -2.13. The quantitative estimate of drug-likeness (QED) is 0.670. The Kier molecular flexibility index (Phi) is 5.57. The van der Waals surface area contributed by atoms with Crippen molar-refractivity contribution in [2.45, 2.75) is 27.7 Å². The van der Waals surface area contributed by atoms with E-state index in [0.717, 1.165) is 11.4 Å². The predicted octanol–water partition coefficient (Wildman–Crippen LogP) is 3.10. The monoisotopic (exact) mass is 329 g/mol. The third-order valence-corrected chi connectivity index (χ3v) is 3.06. The number of guanidine groups is 1. The van der Waals surface area contributed by atoms with Gasteiger partial charge in [0.25, 0.3) is 5.95 Å². The smallest absolute Gasteiger partial charge is 0.253 e. The maximum absolute atomic E-state index is 13.0. The van der Waals surface area contributed by atoms with Gasteiger partial charge in [0.2, 0.25) is 11.9 Å². The molecule has 0 saturated carbocycles. The van der Waals surface area contributed by atoms with Crippen molar-refractivity contribution in [3.05, 3.63) is 47.5 Å². The van der Waals surface area contributed by atoms with Crippen molar-refractivity contribution in [3.63, 3.8) is 0 Å². The maximum Gasteiger partial charge on any atom is 0.253 e. The standard InChI is InChI=1S/C17H20FN5O/c1-10(2)15(24)22-17(21-14-7-5-13(18)6-8-14)23-16-19-11(3)9-12(4)20-16/h5-10H,1-4H3,(H2,19,20,21,22,23,24). The zero-order valence-electron chi connectivity index (χ0n) is 14.1. The average Bonchev–Trinajstić information content (AvgIpc) is 2.48. The van der Waals surface area contributed by atoms with E-state index in [9.17, 15) is 9.18 Å². The van der Waals surface area contributed by atoms with Gasteiger partial charge in [0, 0.05) is 23.0 Å². The molecule has 7 heteroatoms. The zero-order chi connectivity index (χ0) is 17.7. The summed E-state index contributed by atoms with van der Waals surface area (Å²) in [6.45, 7) is 7.23. The fourth-order valence-electron chi connectivity index (χ4n) is 1.88. The number of hydrogen-bond acceptors (Lipinski definition) is 4. The molecule has 0 aliphatic heterocycles. The van der Waals surface area contributed by atoms with Crippen LogP contribution in [-0.2, 0) is 4.79 Å². The van der Waals surface area contributed by atoms with Gasteiger partial charge in [0.15, 0.2) is 0 Å². The number of amides is 1. The van der Waals surface area contributed by atoms with E-state index < -0.39 is 0 Å². The van der Waals surface area contributed by atoms with Crippen LogP contribution in [0.25, 0.3) is 0 Å². The largest absolute Gasteiger partial charge is 0.326 e. The molecule has 0 bridgehead atoms. The van der Waals surface area contributed by atoms with E-state index in [1.807, 2.05) is 19.9 Å². The van der Waals surface area contributed by atoms with Crippen LogP contribution in [0, 0.1) is 25.6 Å². The van der Waals surface area contributed by atoms with Gasteiger partial charge in [-0.25, -0.2) is 14.4 Å². The minimum atomic E-state index is -0.345. The number of benzene rings is 1. The Morgan fingerprint density at radius 1 is 1.12 bits per heavy atom. The minimum Gasteiger partial charge on any atom is -0.326 e. The van der Waals surface area contributed by atoms with E-state index in [4.69, 9.17) is 0 Å². The Morgan fingerprint density at radius 3 is 2.25 bits per heavy atom. The third kappa shape index (κ3) is 5.12. The molecule has 0 aliphatic rings. The molecule has 0 saturated heterocycles. The molecule has 0 atom stereocenters. The van der Waals surface area contributed by atoms with Crippen LogP contribution < -0.4 is 10.6 Å². The van der Waals surface area contributed by atoms with Crippen molar-refractivity contribution in [1.29, 1.82) is 0 Å². The zero-order valence-corrected chi connectivity index (χ0v) is 14.1. The summed E-state index contributed by atoms with van der Waals surface area (Å²) >= 11 is 0. The molecule has 126 valence electrons. The van der Waals surface area contributed by atoms with E-state index in [-0.39, 0.29) is 29.6 Å². The van der Waals surface area contributed by atoms with Crippen LogP contribution in [-0.4, -0.2) is 21.8 Å². The second-order valence-electron chi connectivity index (χ2n) is 5.69. The highest BCUT2D eigenvalue weighted by atomic mass is 19.1. The number of anilines is 1. The lowest BCUT2D eigenvalue weighted by Crippen LogP contribution is -2.38. The normalized spacial score (nSPS) is 11.5. The number of nitrogens with zero attached hydrogens (tertiary/aromatic N) is 3. The molecule has 0 radical (unpaired) electrons. The molecule has 0 spiro atoms. The Hall–Kier alpha value is -2.83. The van der Waals surface area contributed by atoms with Crippen LogP contribution in [0.5, 0.6) is 0 Å². The fraction of sp³-hybridized carbons (Fsp3) is 0.294. The molecule has 24 heavy (non-hydrogen) atoms. The molecule has 1 aromatic heterocycles. The topological polar surface area (TPSA) is 79.3 Å². The van der Waals surface area contributed by atoms with Gasteiger partial charge in [-0.1, -0.05) is 13.8 Å². The summed E-state index contributed by atoms with van der Waals surface area (Å²) in [5.41, 5.74) is 2.14. The van der Waals surface area contributed by atoms with Crippen LogP contribution in [0.3, 0.4) is 0 Å². The van der Waals surface area contributed by atoms with Gasteiger partial charge in [-0.3, -0.25) is 10.1 Å². The van der Waals surface area contributed by atoms with Crippen molar-refractivity contribution in [2.24, 2.45) is 10.9 Å². The Labute approximate surface area is 140 Å². The summed E-state index contributed by atoms with van der Waals surface area (Å²) in [5, 5.41) is 5.64. The lowest BCUT2D eigenvalue weighted by molar-refractivity contribution is -0.122. The summed E-state index contributed by atoms with van der Waals surface area (Å²) in [5.74, 6) is -0.340. The van der Waals surface area contributed by atoms with Crippen molar-refractivity contribution in [1.82, 2.24) is 15.3 Å². The van der Waals surface area contributed by atoms with Crippen LogP contribution in [0.15, 0.2) is 35.3 Å². The first kappa shape index (κ1) is 17.5. The fourth-order valence-corrected chi connectivity index (χ4v) is 1.88. The molecule has 1 amide bonds. The van der Waals surface area contributed by atoms with Crippen LogP contribution in [0.4, 0.5) is 16.0 Å². The Morgan fingerprint density at radius 2 is 1.71 bits per heavy atom. The van der Waals surface area contributed by atoms with Gasteiger partial charge in [0.05, 0.1) is 0 Å². The van der Waals surface area contributed by atoms with Crippen LogP contribution in [0.2, 0.25) is 0 Å². The number of rotatable bonds is 3. The highest BCUT2D eigenvalue weighted by Gasteiger charge is 2.11. The number of carbonyl (C=O) groups is 1. The Bertz CT molecular complexity index is 736. The first-order valence-corrected chi connectivity index (χ1v) is 7.58. The molecule has 0 fully saturated rings. The highest BCUT2D eigenvalue weighted by molar-refractivity contribution is 6.05. The van der Waals surface area contributed by atoms with Crippen molar-refractivity contribution >= 4 is 23.5 Å². The average molecular weight is 329 g/mol. The number of carbonyl (C=O) groups excluding carboxylic acids is 1. The van der Waals surface area contributed by atoms with E-state index in [0.29, 0.717) is 5.69 Å². The summed E-state index contributed by atoms with van der Waals surface area (Å²) < 4.78 is 13.0. The summed E-state index contributed by atoms with van der Waals surface area (Å²) in [6.07, 6.45) is 0. The van der Waals surface area contributed by atoms with Gasteiger partial charge in [-0.15, -0.1) is 0 Å². The molecule has 2 N–H and O–H groups in total. The van der Waals surface area contributed by atoms with Gasteiger partial charge in [-0.2, -0.15) is 4.99 Å². The van der Waals surface area contributed by atoms with E-state index in [1.54, 1.807) is 26.0 Å². The number of aliphatic imine (C=N–C) groups is 1. The van der Waals surface area contributed by atoms with Crippen molar-refractivity contribution in [3.8, 4) is 0 Å². The maximum atomic E-state index is 13.0. The van der Waals surface area contributed by atoms with Crippen molar-refractivity contribution in [2.75, 3.05) is 5.32 Å². The first-order chi connectivity index (χ1) is 11.3. The van der Waals surface area contributed by atoms with Crippen LogP contribution in [0.1, 0.15) is 25.2 Å². The molecule has 2 rings (SSSR count). The number of aromatic nitrogens is 2. The summed E-state index contributed by atoms with van der Waals surface area (Å²) in [6, 6.07) is 7.57. The van der Waals surface area contributed by atoms with Crippen LogP contribution >= 0.6 is 0 Å². The molecule has 0 aliphatic carbocycles. The summed E-state index contributed by atoms with van der Waals surface area (Å²) in [4.78, 5) is 24.7. The SMILES string of the molecule is Cc1cc(C)nc(/N=C(/NC(=O)C(C)C)Nc2ccc(F)cc2)n1. The molecule has 0 unspecified atom stereocenters. The van der Waals surface area contributed by atoms with Gasteiger partial charge < -0.3 is 5.32 Å². The predicted molar refractivity (Wildman–Crippen MR) is 91.6 cm³/mol. The molecular weight excluding hydrogens is 309 g/mol. The summed E-state index contributed by atoms with van der Waals surface area (Å²) in [7, 11) is 0. The molecule has 6 nitrogen and oxygen atoms in total. The minimum absolute atomic E-state index is 0.185. The second-order valence-corrected chi connectivity index (χ2v) is 5.69. The highest BCUT2D eigenvalue weighted by Crippen LogP contribution is 2.11. The van der Waals surface area contributed by atoms with E-state index >= 15 is 0 Å².